The highest BCUT2D eigenvalue weighted by Gasteiger charge is 2.27. The second kappa shape index (κ2) is 7.14. The van der Waals surface area contributed by atoms with Crippen LogP contribution in [0.15, 0.2) is 35.2 Å². The predicted molar refractivity (Wildman–Crippen MR) is 97.1 cm³/mol. The summed E-state index contributed by atoms with van der Waals surface area (Å²) in [6.45, 7) is 6.09. The summed E-state index contributed by atoms with van der Waals surface area (Å²) in [6.07, 6.45) is 1.74. The number of Topliss-reactive ketones (excluding diaryl/α,β-unsaturated/α-hetero) is 1. The van der Waals surface area contributed by atoms with Crippen molar-refractivity contribution in [1.82, 2.24) is 10.2 Å². The van der Waals surface area contributed by atoms with E-state index < -0.39 is 0 Å². The van der Waals surface area contributed by atoms with Crippen molar-refractivity contribution in [3.05, 3.63) is 42.0 Å². The maximum absolute atomic E-state index is 12.4. The molecule has 124 valence electrons. The number of fused-ring (bicyclic) bond motifs is 1. The zero-order chi connectivity index (χ0) is 17.1. The molecule has 2 N–H and O–H groups in total. The monoisotopic (exact) mass is 360 g/mol. The first-order valence-corrected chi connectivity index (χ1v) is 9.17. The van der Waals surface area contributed by atoms with Crippen molar-refractivity contribution in [2.75, 3.05) is 22.9 Å². The van der Waals surface area contributed by atoms with E-state index in [2.05, 4.69) is 27.4 Å². The lowest BCUT2D eigenvalue weighted by molar-refractivity contribution is -0.116. The number of hydrogen-bond acceptors (Lipinski definition) is 7. The minimum atomic E-state index is -0.220. The Labute approximate surface area is 147 Å². The molecule has 0 saturated carbocycles. The molecule has 0 spiro atoms. The molecule has 0 unspecified atom stereocenters. The van der Waals surface area contributed by atoms with Gasteiger partial charge in [0.25, 0.3) is 0 Å². The average molecular weight is 360 g/mol. The van der Waals surface area contributed by atoms with E-state index in [0.717, 1.165) is 15.6 Å². The minimum absolute atomic E-state index is 0.00477. The Morgan fingerprint density at radius 1 is 1.50 bits per heavy atom. The van der Waals surface area contributed by atoms with Crippen LogP contribution in [-0.2, 0) is 4.79 Å². The number of benzene rings is 1. The van der Waals surface area contributed by atoms with Gasteiger partial charge in [0.1, 0.15) is 0 Å². The largest absolute Gasteiger partial charge is 0.357 e. The molecule has 0 saturated heterocycles. The lowest BCUT2D eigenvalue weighted by Gasteiger charge is -2.04. The molecule has 0 radical (unpaired) electrons. The van der Waals surface area contributed by atoms with E-state index in [1.165, 1.54) is 23.1 Å². The zero-order valence-electron chi connectivity index (χ0n) is 13.0. The van der Waals surface area contributed by atoms with Crippen LogP contribution < -0.4 is 10.6 Å². The summed E-state index contributed by atoms with van der Waals surface area (Å²) in [7, 11) is 0. The van der Waals surface area contributed by atoms with Gasteiger partial charge >= 0.3 is 0 Å². The van der Waals surface area contributed by atoms with Crippen molar-refractivity contribution in [1.29, 1.82) is 0 Å². The van der Waals surface area contributed by atoms with Crippen molar-refractivity contribution in [2.45, 2.75) is 17.2 Å². The van der Waals surface area contributed by atoms with E-state index in [0.29, 0.717) is 17.2 Å². The molecule has 3 rings (SSSR count). The molecular weight excluding hydrogens is 344 g/mol. The normalized spacial score (nSPS) is 15.7. The highest BCUT2D eigenvalue weighted by atomic mass is 32.2. The Morgan fingerprint density at radius 3 is 3.12 bits per heavy atom. The highest BCUT2D eigenvalue weighted by Crippen LogP contribution is 2.33. The smallest absolute Gasteiger partial charge is 0.231 e. The summed E-state index contributed by atoms with van der Waals surface area (Å²) in [5, 5.41) is 14.6. The van der Waals surface area contributed by atoms with Gasteiger partial charge < -0.3 is 10.6 Å². The second-order valence-electron chi connectivity index (χ2n) is 5.27. The van der Waals surface area contributed by atoms with Gasteiger partial charge in [-0.25, -0.2) is 0 Å². The lowest BCUT2D eigenvalue weighted by Crippen LogP contribution is -2.08. The van der Waals surface area contributed by atoms with Gasteiger partial charge in [0.15, 0.2) is 10.1 Å². The number of hydrogen-bond donors (Lipinski definition) is 2. The van der Waals surface area contributed by atoms with Crippen LogP contribution in [0, 0.1) is 0 Å². The fourth-order valence-electron chi connectivity index (χ4n) is 2.30. The van der Waals surface area contributed by atoms with Gasteiger partial charge in [0.2, 0.25) is 11.0 Å². The van der Waals surface area contributed by atoms with Crippen LogP contribution >= 0.6 is 23.1 Å². The fraction of sp³-hybridized carbons (Fsp3) is 0.250. The van der Waals surface area contributed by atoms with E-state index >= 15 is 0 Å². The van der Waals surface area contributed by atoms with Crippen molar-refractivity contribution in [2.24, 2.45) is 0 Å². The Morgan fingerprint density at radius 2 is 2.33 bits per heavy atom. The summed E-state index contributed by atoms with van der Waals surface area (Å²) >= 11 is 2.77. The molecule has 0 aliphatic carbocycles. The molecule has 0 fully saturated rings. The lowest BCUT2D eigenvalue weighted by atomic mass is 9.99. The summed E-state index contributed by atoms with van der Waals surface area (Å²) in [4.78, 5) is 24.1. The summed E-state index contributed by atoms with van der Waals surface area (Å²) in [6, 6.07) is 5.34. The van der Waals surface area contributed by atoms with Crippen LogP contribution in [0.4, 0.5) is 10.8 Å². The fourth-order valence-corrected chi connectivity index (χ4v) is 3.95. The van der Waals surface area contributed by atoms with Crippen molar-refractivity contribution < 1.29 is 9.59 Å². The number of carbonyl (C=O) groups is 2. The molecule has 1 aromatic carbocycles. The van der Waals surface area contributed by atoms with Gasteiger partial charge in [0.05, 0.1) is 11.7 Å². The van der Waals surface area contributed by atoms with E-state index in [4.69, 9.17) is 0 Å². The van der Waals surface area contributed by atoms with E-state index in [9.17, 15) is 9.59 Å². The van der Waals surface area contributed by atoms with Crippen LogP contribution in [0.1, 0.15) is 28.8 Å². The van der Waals surface area contributed by atoms with Crippen LogP contribution in [0.25, 0.3) is 0 Å². The van der Waals surface area contributed by atoms with Gasteiger partial charge in [-0.1, -0.05) is 29.2 Å². The maximum Gasteiger partial charge on any atom is 0.231 e. The van der Waals surface area contributed by atoms with Gasteiger partial charge in [-0.3, -0.25) is 9.59 Å². The maximum atomic E-state index is 12.4. The molecule has 24 heavy (non-hydrogen) atoms. The summed E-state index contributed by atoms with van der Waals surface area (Å²) < 4.78 is 0.737. The van der Waals surface area contributed by atoms with Crippen LogP contribution in [0.5, 0.6) is 0 Å². The minimum Gasteiger partial charge on any atom is -0.357 e. The van der Waals surface area contributed by atoms with Crippen molar-refractivity contribution in [3.8, 4) is 0 Å². The van der Waals surface area contributed by atoms with Gasteiger partial charge in [-0.2, -0.15) is 0 Å². The first kappa shape index (κ1) is 16.7. The van der Waals surface area contributed by atoms with E-state index in [1.807, 2.05) is 6.92 Å². The number of ketones is 1. The Bertz CT molecular complexity index is 803. The number of anilines is 2. The quantitative estimate of drug-likeness (QED) is 0.448. The molecule has 1 aliphatic rings. The van der Waals surface area contributed by atoms with Gasteiger partial charge in [-0.15, -0.1) is 16.8 Å². The Balaban J connectivity index is 1.62. The van der Waals surface area contributed by atoms with E-state index in [1.54, 1.807) is 24.3 Å². The number of amides is 1. The first-order chi connectivity index (χ1) is 11.6. The molecular formula is C16H16N4O2S2. The SMILES string of the molecule is C=CCNc1nnc(SCC(=O)c2ccc3c(c2)[C@@H](C)C(=O)N3)s1. The van der Waals surface area contributed by atoms with Gasteiger partial charge in [0, 0.05) is 17.8 Å². The summed E-state index contributed by atoms with van der Waals surface area (Å²) in [5.74, 6) is 0.0366. The number of aromatic nitrogens is 2. The van der Waals surface area contributed by atoms with Crippen LogP contribution in [0.3, 0.4) is 0 Å². The number of carbonyl (C=O) groups excluding carboxylic acids is 2. The zero-order valence-corrected chi connectivity index (χ0v) is 14.7. The number of thioether (sulfide) groups is 1. The topological polar surface area (TPSA) is 84.0 Å². The third-order valence-corrected chi connectivity index (χ3v) is 5.64. The standard InChI is InChI=1S/C16H16N4O2S2/c1-3-6-17-15-19-20-16(24-15)23-8-13(21)10-4-5-12-11(7-10)9(2)14(22)18-12/h3-5,7,9H,1,6,8H2,2H3,(H,17,19)(H,18,22)/t9-/m1/s1. The molecule has 6 nitrogen and oxygen atoms in total. The molecule has 1 atom stereocenters. The molecule has 0 bridgehead atoms. The predicted octanol–water partition coefficient (Wildman–Crippen LogP) is 3.17. The van der Waals surface area contributed by atoms with Crippen LogP contribution in [0.2, 0.25) is 0 Å². The van der Waals surface area contributed by atoms with Crippen molar-refractivity contribution >= 4 is 45.6 Å². The molecule has 2 heterocycles. The number of rotatable bonds is 7. The van der Waals surface area contributed by atoms with Crippen molar-refractivity contribution in [3.63, 3.8) is 0 Å². The third kappa shape index (κ3) is 3.49. The molecule has 8 heteroatoms. The average Bonchev–Trinajstić information content (AvgIpc) is 3.15. The molecule has 1 amide bonds. The Kier molecular flexibility index (Phi) is 4.96. The molecule has 1 aliphatic heterocycles. The number of nitrogens with one attached hydrogen (secondary N) is 2. The highest BCUT2D eigenvalue weighted by molar-refractivity contribution is 8.01. The van der Waals surface area contributed by atoms with Gasteiger partial charge in [-0.05, 0) is 30.7 Å². The molecule has 2 aromatic rings. The summed E-state index contributed by atoms with van der Waals surface area (Å²) in [5.41, 5.74) is 2.28. The first-order valence-electron chi connectivity index (χ1n) is 7.37. The number of nitrogens with zero attached hydrogens (tertiary/aromatic N) is 2. The molecule has 1 aromatic heterocycles. The van der Waals surface area contributed by atoms with Crippen LogP contribution in [-0.4, -0.2) is 34.2 Å². The Hall–Kier alpha value is -2.19. The third-order valence-electron chi connectivity index (χ3n) is 3.62. The van der Waals surface area contributed by atoms with E-state index in [-0.39, 0.29) is 23.4 Å². The second-order valence-corrected chi connectivity index (χ2v) is 7.47.